The highest BCUT2D eigenvalue weighted by atomic mass is 19.2. The van der Waals surface area contributed by atoms with Crippen molar-refractivity contribution in [2.45, 2.75) is 26.2 Å². The molecule has 3 aromatic rings. The molecular formula is C24H20F3NO2. The van der Waals surface area contributed by atoms with E-state index in [9.17, 15) is 18.0 Å². The largest absolute Gasteiger partial charge is 0.423 e. The molecule has 3 aromatic carbocycles. The van der Waals surface area contributed by atoms with Crippen molar-refractivity contribution in [2.24, 2.45) is 4.99 Å². The molecule has 3 nitrogen and oxygen atoms in total. The highest BCUT2D eigenvalue weighted by Crippen LogP contribution is 2.22. The number of ether oxygens (including phenoxy) is 1. The fraction of sp³-hybridized carbons (Fsp3) is 0.167. The zero-order valence-electron chi connectivity index (χ0n) is 16.4. The molecule has 0 bridgehead atoms. The smallest absolute Gasteiger partial charge is 0.343 e. The molecular weight excluding hydrogens is 391 g/mol. The minimum atomic E-state index is -1.56. The quantitative estimate of drug-likeness (QED) is 0.195. The summed E-state index contributed by atoms with van der Waals surface area (Å²) in [5.41, 5.74) is 1.88. The lowest BCUT2D eigenvalue weighted by molar-refractivity contribution is 0.0734. The van der Waals surface area contributed by atoms with Crippen molar-refractivity contribution in [1.29, 1.82) is 0 Å². The van der Waals surface area contributed by atoms with Crippen molar-refractivity contribution in [1.82, 2.24) is 0 Å². The number of carbonyl (C=O) groups is 1. The van der Waals surface area contributed by atoms with Crippen LogP contribution in [0.25, 0.3) is 0 Å². The number of unbranched alkanes of at least 4 members (excludes halogenated alkanes) is 1. The minimum Gasteiger partial charge on any atom is -0.423 e. The molecule has 0 aliphatic carbocycles. The van der Waals surface area contributed by atoms with E-state index in [-0.39, 0.29) is 5.69 Å². The molecule has 6 heteroatoms. The first-order valence-electron chi connectivity index (χ1n) is 9.56. The molecule has 0 saturated heterocycles. The van der Waals surface area contributed by atoms with Gasteiger partial charge in [-0.1, -0.05) is 25.5 Å². The summed E-state index contributed by atoms with van der Waals surface area (Å²) >= 11 is 0. The molecule has 0 saturated carbocycles. The van der Waals surface area contributed by atoms with Crippen LogP contribution >= 0.6 is 0 Å². The summed E-state index contributed by atoms with van der Waals surface area (Å²) in [7, 11) is 0. The molecule has 0 spiro atoms. The lowest BCUT2D eigenvalue weighted by Crippen LogP contribution is -2.08. The van der Waals surface area contributed by atoms with Crippen molar-refractivity contribution in [3.05, 3.63) is 94.8 Å². The van der Waals surface area contributed by atoms with Crippen molar-refractivity contribution >= 4 is 17.9 Å². The first kappa shape index (κ1) is 21.3. The Morgan fingerprint density at radius 2 is 1.63 bits per heavy atom. The molecule has 0 aliphatic rings. The number of aliphatic imine (C=N–C) groups is 1. The summed E-state index contributed by atoms with van der Waals surface area (Å²) < 4.78 is 45.2. The number of aryl methyl sites for hydroxylation is 1. The molecule has 0 fully saturated rings. The van der Waals surface area contributed by atoms with Crippen LogP contribution in [0.15, 0.2) is 65.7 Å². The van der Waals surface area contributed by atoms with Crippen LogP contribution in [0.2, 0.25) is 0 Å². The number of esters is 1. The predicted octanol–water partition coefficient (Wildman–Crippen LogP) is 6.42. The number of benzene rings is 3. The van der Waals surface area contributed by atoms with Gasteiger partial charge in [-0.2, -0.15) is 0 Å². The Hall–Kier alpha value is -3.41. The first-order valence-corrected chi connectivity index (χ1v) is 9.56. The average molecular weight is 411 g/mol. The van der Waals surface area contributed by atoms with Gasteiger partial charge in [0.25, 0.3) is 0 Å². The Morgan fingerprint density at radius 1 is 0.933 bits per heavy atom. The molecule has 3 rings (SSSR count). The van der Waals surface area contributed by atoms with Crippen LogP contribution < -0.4 is 4.74 Å². The van der Waals surface area contributed by atoms with Gasteiger partial charge in [-0.05, 0) is 72.5 Å². The van der Waals surface area contributed by atoms with Gasteiger partial charge in [0.05, 0.1) is 5.56 Å². The van der Waals surface area contributed by atoms with Crippen LogP contribution in [-0.4, -0.2) is 12.2 Å². The van der Waals surface area contributed by atoms with Gasteiger partial charge in [0.15, 0.2) is 17.5 Å². The normalized spacial score (nSPS) is 11.1. The van der Waals surface area contributed by atoms with E-state index in [4.69, 9.17) is 4.74 Å². The third kappa shape index (κ3) is 5.35. The molecule has 0 aliphatic heterocycles. The summed E-state index contributed by atoms with van der Waals surface area (Å²) in [6.45, 7) is 2.13. The average Bonchev–Trinajstić information content (AvgIpc) is 2.77. The molecule has 0 N–H and O–H groups in total. The van der Waals surface area contributed by atoms with E-state index in [1.54, 1.807) is 36.4 Å². The standard InChI is InChI=1S/C24H20F3NO2/c1-2-3-4-16-5-9-18(10-6-16)24(29)30-19-11-7-17(8-12-19)15-28-21-14-13-20(25)22(26)23(21)27/h5-15H,2-4H2,1H3. The fourth-order valence-corrected chi connectivity index (χ4v) is 2.74. The van der Waals surface area contributed by atoms with E-state index in [1.165, 1.54) is 11.8 Å². The third-order valence-electron chi connectivity index (χ3n) is 4.47. The second kappa shape index (κ2) is 9.87. The van der Waals surface area contributed by atoms with Crippen LogP contribution in [0.3, 0.4) is 0 Å². The number of carbonyl (C=O) groups excluding carboxylic acids is 1. The van der Waals surface area contributed by atoms with Crippen LogP contribution in [0, 0.1) is 17.5 Å². The number of rotatable bonds is 7. The molecule has 0 amide bonds. The van der Waals surface area contributed by atoms with Gasteiger partial charge in [-0.3, -0.25) is 4.99 Å². The Morgan fingerprint density at radius 3 is 2.30 bits per heavy atom. The number of nitrogens with zero attached hydrogens (tertiary/aromatic N) is 1. The monoisotopic (exact) mass is 411 g/mol. The molecule has 0 unspecified atom stereocenters. The minimum absolute atomic E-state index is 0.313. The van der Waals surface area contributed by atoms with E-state index in [1.807, 2.05) is 12.1 Å². The van der Waals surface area contributed by atoms with E-state index in [2.05, 4.69) is 11.9 Å². The second-order valence-corrected chi connectivity index (χ2v) is 6.71. The molecule has 0 atom stereocenters. The summed E-state index contributed by atoms with van der Waals surface area (Å²) in [4.78, 5) is 16.1. The maximum Gasteiger partial charge on any atom is 0.343 e. The Kier molecular flexibility index (Phi) is 7.01. The number of hydrogen-bond acceptors (Lipinski definition) is 3. The lowest BCUT2D eigenvalue weighted by atomic mass is 10.1. The predicted molar refractivity (Wildman–Crippen MR) is 110 cm³/mol. The van der Waals surface area contributed by atoms with Gasteiger partial charge in [0.2, 0.25) is 0 Å². The maximum absolute atomic E-state index is 13.6. The Balaban J connectivity index is 1.63. The molecule has 0 radical (unpaired) electrons. The molecule has 154 valence electrons. The highest BCUT2D eigenvalue weighted by Gasteiger charge is 2.12. The number of halogens is 3. The van der Waals surface area contributed by atoms with Crippen molar-refractivity contribution in [2.75, 3.05) is 0 Å². The topological polar surface area (TPSA) is 38.7 Å². The summed E-state index contributed by atoms with van der Waals surface area (Å²) in [5.74, 6) is -4.32. The van der Waals surface area contributed by atoms with E-state index in [0.717, 1.165) is 31.4 Å². The van der Waals surface area contributed by atoms with Crippen LogP contribution in [0.5, 0.6) is 5.75 Å². The summed E-state index contributed by atoms with van der Waals surface area (Å²) in [5, 5.41) is 0. The van der Waals surface area contributed by atoms with Gasteiger partial charge in [-0.25, -0.2) is 18.0 Å². The Bertz CT molecular complexity index is 1050. The molecule has 0 heterocycles. The van der Waals surface area contributed by atoms with E-state index < -0.39 is 23.4 Å². The fourth-order valence-electron chi connectivity index (χ4n) is 2.74. The summed E-state index contributed by atoms with van der Waals surface area (Å²) in [6.07, 6.45) is 4.49. The lowest BCUT2D eigenvalue weighted by Gasteiger charge is -2.06. The molecule has 0 aromatic heterocycles. The number of hydrogen-bond donors (Lipinski definition) is 0. The van der Waals surface area contributed by atoms with Crippen molar-refractivity contribution < 1.29 is 22.7 Å². The van der Waals surface area contributed by atoms with Crippen molar-refractivity contribution in [3.63, 3.8) is 0 Å². The first-order chi connectivity index (χ1) is 14.5. The zero-order chi connectivity index (χ0) is 21.5. The van der Waals surface area contributed by atoms with Crippen LogP contribution in [0.1, 0.15) is 41.3 Å². The second-order valence-electron chi connectivity index (χ2n) is 6.71. The third-order valence-corrected chi connectivity index (χ3v) is 4.47. The SMILES string of the molecule is CCCCc1ccc(C(=O)Oc2ccc(C=Nc3ccc(F)c(F)c3F)cc2)cc1. The van der Waals surface area contributed by atoms with Crippen LogP contribution in [-0.2, 0) is 6.42 Å². The van der Waals surface area contributed by atoms with Gasteiger partial charge in [0.1, 0.15) is 11.4 Å². The summed E-state index contributed by atoms with van der Waals surface area (Å²) in [6, 6.07) is 15.5. The van der Waals surface area contributed by atoms with Gasteiger partial charge < -0.3 is 4.74 Å². The molecule has 30 heavy (non-hydrogen) atoms. The van der Waals surface area contributed by atoms with E-state index >= 15 is 0 Å². The van der Waals surface area contributed by atoms with Crippen molar-refractivity contribution in [3.8, 4) is 5.75 Å². The van der Waals surface area contributed by atoms with Gasteiger partial charge in [0, 0.05) is 6.21 Å². The van der Waals surface area contributed by atoms with E-state index in [0.29, 0.717) is 16.9 Å². The maximum atomic E-state index is 13.6. The zero-order valence-corrected chi connectivity index (χ0v) is 16.4. The van der Waals surface area contributed by atoms with Gasteiger partial charge in [-0.15, -0.1) is 0 Å². The Labute approximate surface area is 172 Å². The van der Waals surface area contributed by atoms with Gasteiger partial charge >= 0.3 is 5.97 Å². The highest BCUT2D eigenvalue weighted by molar-refractivity contribution is 5.91. The van der Waals surface area contributed by atoms with Crippen LogP contribution in [0.4, 0.5) is 18.9 Å².